The van der Waals surface area contributed by atoms with Crippen LogP contribution in [0.2, 0.25) is 10.0 Å². The van der Waals surface area contributed by atoms with E-state index in [-0.39, 0.29) is 95.6 Å². The van der Waals surface area contributed by atoms with Gasteiger partial charge in [0, 0.05) is 27.7 Å². The van der Waals surface area contributed by atoms with E-state index in [2.05, 4.69) is 40.7 Å². The van der Waals surface area contributed by atoms with E-state index in [1.807, 2.05) is 132 Å². The Bertz CT molecular complexity index is 3230. The summed E-state index contributed by atoms with van der Waals surface area (Å²) >= 11 is 11.8. The lowest BCUT2D eigenvalue weighted by molar-refractivity contribution is 0.550. The van der Waals surface area contributed by atoms with Crippen LogP contribution in [0.15, 0.2) is 146 Å². The summed E-state index contributed by atoms with van der Waals surface area (Å²) < 4.78 is 128. The summed E-state index contributed by atoms with van der Waals surface area (Å²) in [6.45, 7) is 38.9. The predicted molar refractivity (Wildman–Crippen MR) is 386 cm³/mol. The zero-order valence-electron chi connectivity index (χ0n) is 55.0. The van der Waals surface area contributed by atoms with Crippen molar-refractivity contribution in [2.24, 2.45) is 0 Å². The minimum atomic E-state index is -0.521. The van der Waals surface area contributed by atoms with Crippen LogP contribution in [0.4, 0.5) is 43.9 Å². The summed E-state index contributed by atoms with van der Waals surface area (Å²) in [6.07, 6.45) is 0. The van der Waals surface area contributed by atoms with Crippen molar-refractivity contribution >= 4 is 23.2 Å². The molecule has 0 saturated carbocycles. The molecule has 0 N–H and O–H groups in total. The lowest BCUT2D eigenvalue weighted by atomic mass is 10.00. The highest BCUT2D eigenvalue weighted by molar-refractivity contribution is 6.31. The maximum Gasteiger partial charge on any atom is 0.132 e. The van der Waals surface area contributed by atoms with Crippen molar-refractivity contribution in [3.8, 4) is 0 Å². The van der Waals surface area contributed by atoms with Gasteiger partial charge in [-0.25, -0.2) is 43.9 Å². The minimum absolute atomic E-state index is 0. The number of halogens is 12. The maximum absolute atomic E-state index is 13.3. The van der Waals surface area contributed by atoms with E-state index < -0.39 is 34.9 Å². The van der Waals surface area contributed by atoms with E-state index in [1.54, 1.807) is 31.2 Å². The molecule has 0 heterocycles. The van der Waals surface area contributed by atoms with Crippen LogP contribution >= 0.6 is 23.2 Å². The third-order valence-corrected chi connectivity index (χ3v) is 14.3. The molecule has 0 bridgehead atoms. The van der Waals surface area contributed by atoms with Crippen molar-refractivity contribution in [2.75, 3.05) is 0 Å². The summed E-state index contributed by atoms with van der Waals surface area (Å²) in [5, 5.41) is 1.39. The molecule has 0 nitrogen and oxygen atoms in total. The second-order valence-electron chi connectivity index (χ2n) is 23.9. The van der Waals surface area contributed by atoms with Crippen LogP contribution in [0, 0.1) is 85.9 Å². The van der Waals surface area contributed by atoms with Gasteiger partial charge < -0.3 is 0 Å². The van der Waals surface area contributed by atoms with E-state index in [9.17, 15) is 43.9 Å². The summed E-state index contributed by atoms with van der Waals surface area (Å²) in [4.78, 5) is 0. The Labute approximate surface area is 567 Å². The maximum atomic E-state index is 13.3. The zero-order valence-corrected chi connectivity index (χ0v) is 56.5. The standard InChI is InChI=1S/C10H13Cl.2C10H12F2.C10H13F.C9H10ClF.C9H10F2.2C9H11F.5CH4/c1-7(2)9-6-8(3)4-5-10(9)11;1-6(2)8-4-7(3)9(11)5-10(8)12;1-6(2)8-4-5-9(11)7(3)10(8)12;1-7(2)9-6-8(3)4-5-10(9)11;1-6(2)8-4-3-7(11)5-9(8)10;1-6(2)8-4-3-7(10)5-9(8)11;1-7(2)8-3-5-9(10)6-4-8;1-7(2)8-5-3-4-6-9(8)10;;;;;/h4-7H,1-3H3;2*4-6H,1-3H3;4-7H,1-3H3;2*3-6H,1-2H3;2*3-7H,1-2H3;5*1H4. The molecule has 8 rings (SSSR count). The molecule has 12 heteroatoms. The van der Waals surface area contributed by atoms with Crippen molar-refractivity contribution in [1.29, 1.82) is 0 Å². The van der Waals surface area contributed by atoms with Crippen molar-refractivity contribution in [1.82, 2.24) is 0 Å². The first-order valence-corrected chi connectivity index (χ1v) is 30.5. The number of hydrogen-bond acceptors (Lipinski definition) is 0. The molecule has 0 unspecified atom stereocenters. The van der Waals surface area contributed by atoms with Crippen molar-refractivity contribution in [3.63, 3.8) is 0 Å². The average molecular weight is 1350 g/mol. The fraction of sp³-hybridized carbons (Fsp3) is 0.407. The third-order valence-electron chi connectivity index (χ3n) is 13.7. The molecule has 8 aromatic rings. The van der Waals surface area contributed by atoms with Crippen LogP contribution in [0.1, 0.15) is 262 Å². The summed E-state index contributed by atoms with van der Waals surface area (Å²) in [5.74, 6) is -1.21. The third kappa shape index (κ3) is 34.6. The molecular weight excluding hydrogens is 1230 g/mol. The van der Waals surface area contributed by atoms with Crippen LogP contribution in [0.3, 0.4) is 0 Å². The average Bonchev–Trinajstić information content (AvgIpc) is 1.36. The highest BCUT2D eigenvalue weighted by atomic mass is 35.5. The van der Waals surface area contributed by atoms with Crippen LogP contribution < -0.4 is 0 Å². The van der Waals surface area contributed by atoms with Gasteiger partial charge in [-0.1, -0.05) is 261 Å². The Hall–Kier alpha value is -6.36. The Balaban J connectivity index is -0.000000315. The molecule has 8 aromatic carbocycles. The van der Waals surface area contributed by atoms with Gasteiger partial charge in [-0.2, -0.15) is 0 Å². The smallest absolute Gasteiger partial charge is 0.132 e. The molecule has 93 heavy (non-hydrogen) atoms. The van der Waals surface area contributed by atoms with Gasteiger partial charge in [0.25, 0.3) is 0 Å². The zero-order chi connectivity index (χ0) is 67.4. The molecule has 0 spiro atoms. The minimum Gasteiger partial charge on any atom is -0.207 e. The second-order valence-corrected chi connectivity index (χ2v) is 24.7. The van der Waals surface area contributed by atoms with E-state index in [4.69, 9.17) is 23.2 Å². The van der Waals surface area contributed by atoms with E-state index in [0.717, 1.165) is 39.4 Å². The molecule has 0 amide bonds. The Morgan fingerprint density at radius 2 is 0.624 bits per heavy atom. The molecule has 0 aliphatic carbocycles. The van der Waals surface area contributed by atoms with E-state index >= 15 is 0 Å². The SMILES string of the molecule is C.C.C.C.C.CC(C)c1ccc(F)cc1.CC(C)c1ccc(F)cc1Cl.CC(C)c1ccc(F)cc1F.CC(C)c1ccccc1F.Cc1c(F)ccc(C(C)C)c1F.Cc1cc(C(C)C)c(F)cc1F.Cc1ccc(Cl)c(C(C)C)c1.Cc1ccc(F)c(C(C)C)c1. The van der Waals surface area contributed by atoms with Gasteiger partial charge in [0.2, 0.25) is 0 Å². The van der Waals surface area contributed by atoms with Crippen molar-refractivity contribution in [3.05, 3.63) is 281 Å². The van der Waals surface area contributed by atoms with E-state index in [1.165, 1.54) is 84.3 Å². The van der Waals surface area contributed by atoms with Gasteiger partial charge in [0.05, 0.1) is 0 Å². The number of rotatable bonds is 8. The Kier molecular flexibility index (Phi) is 48.7. The predicted octanol–water partition coefficient (Wildman–Crippen LogP) is 29.6. The molecule has 0 atom stereocenters. The Morgan fingerprint density at radius 3 is 1.03 bits per heavy atom. The monoisotopic (exact) mass is 1340 g/mol. The summed E-state index contributed by atoms with van der Waals surface area (Å²) in [5.41, 5.74) is 9.75. The van der Waals surface area contributed by atoms with Crippen LogP contribution in [-0.2, 0) is 0 Å². The fourth-order valence-electron chi connectivity index (χ4n) is 8.19. The second kappa shape index (κ2) is 47.5. The first-order valence-electron chi connectivity index (χ1n) is 29.7. The van der Waals surface area contributed by atoms with Gasteiger partial charge >= 0.3 is 0 Å². The van der Waals surface area contributed by atoms with Gasteiger partial charge in [-0.15, -0.1) is 0 Å². The molecule has 520 valence electrons. The fourth-order valence-corrected chi connectivity index (χ4v) is 8.91. The summed E-state index contributed by atoms with van der Waals surface area (Å²) in [6, 6.07) is 38.4. The first kappa shape index (κ1) is 95.3. The number of aryl methyl sites for hydroxylation is 3. The molecule has 0 fully saturated rings. The number of benzene rings is 8. The summed E-state index contributed by atoms with van der Waals surface area (Å²) in [7, 11) is 0. The van der Waals surface area contributed by atoms with Crippen molar-refractivity contribution in [2.45, 2.75) is 223 Å². The van der Waals surface area contributed by atoms with Gasteiger partial charge in [-0.05, 0) is 180 Å². The molecule has 0 aromatic heterocycles. The van der Waals surface area contributed by atoms with Gasteiger partial charge in [0.15, 0.2) is 0 Å². The molecule has 0 aliphatic rings. The molecule has 0 saturated heterocycles. The largest absolute Gasteiger partial charge is 0.207 e. The Morgan fingerprint density at radius 1 is 0.258 bits per heavy atom. The van der Waals surface area contributed by atoms with Gasteiger partial charge in [-0.3, -0.25) is 0 Å². The lowest BCUT2D eigenvalue weighted by Gasteiger charge is -2.08. The van der Waals surface area contributed by atoms with Crippen LogP contribution in [-0.4, -0.2) is 0 Å². The van der Waals surface area contributed by atoms with Gasteiger partial charge in [0.1, 0.15) is 58.2 Å². The number of hydrogen-bond donors (Lipinski definition) is 0. The topological polar surface area (TPSA) is 0 Å². The molecule has 0 radical (unpaired) electrons. The molecular formula is C81H112Cl2F10. The lowest BCUT2D eigenvalue weighted by Crippen LogP contribution is -1.97. The molecule has 0 aliphatic heterocycles. The quantitative estimate of drug-likeness (QED) is 0.133. The van der Waals surface area contributed by atoms with E-state index in [0.29, 0.717) is 45.0 Å². The van der Waals surface area contributed by atoms with Crippen LogP contribution in [0.5, 0.6) is 0 Å². The highest BCUT2D eigenvalue weighted by Crippen LogP contribution is 2.28. The highest BCUT2D eigenvalue weighted by Gasteiger charge is 2.13. The normalized spacial score (nSPS) is 10.1. The van der Waals surface area contributed by atoms with Crippen LogP contribution in [0.25, 0.3) is 0 Å². The first-order chi connectivity index (χ1) is 40.9. The van der Waals surface area contributed by atoms with Crippen molar-refractivity contribution < 1.29 is 43.9 Å².